The van der Waals surface area contributed by atoms with Crippen LogP contribution in [0.3, 0.4) is 0 Å². The second-order valence-electron chi connectivity index (χ2n) is 9.79. The van der Waals surface area contributed by atoms with Gasteiger partial charge in [0.25, 0.3) is 0 Å². The van der Waals surface area contributed by atoms with Crippen LogP contribution in [0.15, 0.2) is 36.4 Å². The molecule has 2 fully saturated rings. The molecule has 0 radical (unpaired) electrons. The van der Waals surface area contributed by atoms with Gasteiger partial charge in [-0.2, -0.15) is 0 Å². The second-order valence-corrected chi connectivity index (χ2v) is 9.79. The SMILES string of the molecule is COc1ccc(CN2CCC[C@@H](CCC(=O)N(C)C3CCN(C)CC3)C2)c2ccccc12. The van der Waals surface area contributed by atoms with E-state index >= 15 is 0 Å². The normalized spacial score (nSPS) is 21.0. The van der Waals surface area contributed by atoms with E-state index in [-0.39, 0.29) is 0 Å². The van der Waals surface area contributed by atoms with Gasteiger partial charge in [0, 0.05) is 38.0 Å². The molecule has 2 heterocycles. The lowest BCUT2D eigenvalue weighted by molar-refractivity contribution is -0.133. The van der Waals surface area contributed by atoms with Gasteiger partial charge in [0.1, 0.15) is 5.75 Å². The molecule has 0 unspecified atom stereocenters. The maximum absolute atomic E-state index is 12.8. The molecule has 2 aliphatic rings. The number of rotatable bonds is 7. The lowest BCUT2D eigenvalue weighted by Gasteiger charge is -2.36. The first kappa shape index (κ1) is 23.1. The first-order valence-corrected chi connectivity index (χ1v) is 12.3. The molecule has 2 aromatic carbocycles. The molecule has 1 atom stereocenters. The molecule has 1 amide bonds. The summed E-state index contributed by atoms with van der Waals surface area (Å²) in [7, 11) is 5.92. The van der Waals surface area contributed by atoms with E-state index in [1.807, 2.05) is 11.9 Å². The number of hydrogen-bond donors (Lipinski definition) is 0. The molecule has 32 heavy (non-hydrogen) atoms. The van der Waals surface area contributed by atoms with Crippen LogP contribution in [0.25, 0.3) is 10.8 Å². The second kappa shape index (κ2) is 10.7. The number of amides is 1. The van der Waals surface area contributed by atoms with Crippen molar-refractivity contribution >= 4 is 16.7 Å². The van der Waals surface area contributed by atoms with E-state index in [1.165, 1.54) is 29.2 Å². The fraction of sp³-hybridized carbons (Fsp3) is 0.593. The van der Waals surface area contributed by atoms with E-state index in [9.17, 15) is 4.79 Å². The summed E-state index contributed by atoms with van der Waals surface area (Å²) in [5.41, 5.74) is 1.36. The van der Waals surface area contributed by atoms with Crippen LogP contribution in [0.1, 0.15) is 44.1 Å². The van der Waals surface area contributed by atoms with Gasteiger partial charge >= 0.3 is 0 Å². The summed E-state index contributed by atoms with van der Waals surface area (Å²) in [5, 5.41) is 2.47. The Morgan fingerprint density at radius 1 is 1.06 bits per heavy atom. The van der Waals surface area contributed by atoms with Crippen molar-refractivity contribution in [2.75, 3.05) is 47.4 Å². The zero-order valence-corrected chi connectivity index (χ0v) is 20.1. The van der Waals surface area contributed by atoms with Crippen LogP contribution in [0.5, 0.6) is 5.75 Å². The zero-order valence-electron chi connectivity index (χ0n) is 20.1. The first-order valence-electron chi connectivity index (χ1n) is 12.3. The average Bonchev–Trinajstić information content (AvgIpc) is 2.83. The van der Waals surface area contributed by atoms with Crippen LogP contribution < -0.4 is 4.74 Å². The van der Waals surface area contributed by atoms with E-state index in [4.69, 9.17) is 4.74 Å². The Kier molecular flexibility index (Phi) is 7.69. The minimum atomic E-state index is 0.331. The van der Waals surface area contributed by atoms with E-state index < -0.39 is 0 Å². The van der Waals surface area contributed by atoms with Crippen molar-refractivity contribution in [1.82, 2.24) is 14.7 Å². The van der Waals surface area contributed by atoms with Gasteiger partial charge in [-0.15, -0.1) is 0 Å². The first-order chi connectivity index (χ1) is 15.5. The average molecular weight is 438 g/mol. The fourth-order valence-corrected chi connectivity index (χ4v) is 5.51. The zero-order chi connectivity index (χ0) is 22.5. The standard InChI is InChI=1S/C27H39N3O2/c1-28-17-14-23(15-18-28)29(2)27(31)13-10-21-7-6-16-30(19-21)20-22-11-12-26(32-3)25-9-5-4-8-24(22)25/h4-5,8-9,11-12,21,23H,6-7,10,13-20H2,1-3H3/t21-/m0/s1. The highest BCUT2D eigenvalue weighted by Crippen LogP contribution is 2.30. The van der Waals surface area contributed by atoms with Crippen molar-refractivity contribution in [2.45, 2.75) is 51.1 Å². The summed E-state index contributed by atoms with van der Waals surface area (Å²) in [6, 6.07) is 13.3. The molecule has 0 N–H and O–H groups in total. The van der Waals surface area contributed by atoms with E-state index in [2.05, 4.69) is 53.2 Å². The maximum Gasteiger partial charge on any atom is 0.222 e. The van der Waals surface area contributed by atoms with Gasteiger partial charge in [-0.1, -0.05) is 30.3 Å². The molecule has 0 aromatic heterocycles. The molecule has 0 spiro atoms. The molecule has 5 heteroatoms. The van der Waals surface area contributed by atoms with Crippen LogP contribution in [0, 0.1) is 5.92 Å². The molecular formula is C27H39N3O2. The largest absolute Gasteiger partial charge is 0.496 e. The molecule has 174 valence electrons. The summed E-state index contributed by atoms with van der Waals surface area (Å²) < 4.78 is 5.56. The van der Waals surface area contributed by atoms with Crippen molar-refractivity contribution in [3.05, 3.63) is 42.0 Å². The Balaban J connectivity index is 1.31. The Hall–Kier alpha value is -2.11. The van der Waals surface area contributed by atoms with Gasteiger partial charge < -0.3 is 14.5 Å². The molecule has 0 saturated carbocycles. The number of hydrogen-bond acceptors (Lipinski definition) is 4. The lowest BCUT2D eigenvalue weighted by atomic mass is 9.92. The summed E-state index contributed by atoms with van der Waals surface area (Å²) in [5.74, 6) is 1.88. The van der Waals surface area contributed by atoms with E-state index in [0.717, 1.165) is 57.7 Å². The maximum atomic E-state index is 12.8. The number of ether oxygens (including phenoxy) is 1. The monoisotopic (exact) mass is 437 g/mol. The molecule has 5 nitrogen and oxygen atoms in total. The summed E-state index contributed by atoms with van der Waals surface area (Å²) in [6.07, 6.45) is 6.36. The minimum absolute atomic E-state index is 0.331. The number of nitrogens with zero attached hydrogens (tertiary/aromatic N) is 3. The third-order valence-corrected chi connectivity index (χ3v) is 7.59. The molecule has 0 bridgehead atoms. The molecular weight excluding hydrogens is 398 g/mol. The number of fused-ring (bicyclic) bond motifs is 1. The van der Waals surface area contributed by atoms with Crippen LogP contribution in [-0.2, 0) is 11.3 Å². The highest BCUT2D eigenvalue weighted by Gasteiger charge is 2.26. The summed E-state index contributed by atoms with van der Waals surface area (Å²) in [4.78, 5) is 19.8. The molecule has 2 saturated heterocycles. The van der Waals surface area contributed by atoms with Crippen LogP contribution in [-0.4, -0.2) is 74.0 Å². The third kappa shape index (κ3) is 5.44. The van der Waals surface area contributed by atoms with Crippen LogP contribution >= 0.6 is 0 Å². The molecule has 0 aliphatic carbocycles. The van der Waals surface area contributed by atoms with Crippen molar-refractivity contribution in [1.29, 1.82) is 0 Å². The van der Waals surface area contributed by atoms with Crippen molar-refractivity contribution in [3.8, 4) is 5.75 Å². The summed E-state index contributed by atoms with van der Waals surface area (Å²) >= 11 is 0. The van der Waals surface area contributed by atoms with E-state index in [1.54, 1.807) is 7.11 Å². The molecule has 4 rings (SSSR count). The van der Waals surface area contributed by atoms with Crippen LogP contribution in [0.4, 0.5) is 0 Å². The predicted molar refractivity (Wildman–Crippen MR) is 131 cm³/mol. The minimum Gasteiger partial charge on any atom is -0.496 e. The predicted octanol–water partition coefficient (Wildman–Crippen LogP) is 4.39. The van der Waals surface area contributed by atoms with Gasteiger partial charge in [0.2, 0.25) is 5.91 Å². The molecule has 2 aliphatic heterocycles. The van der Waals surface area contributed by atoms with Crippen molar-refractivity contribution in [3.63, 3.8) is 0 Å². The van der Waals surface area contributed by atoms with Gasteiger partial charge in [-0.3, -0.25) is 9.69 Å². The van der Waals surface area contributed by atoms with E-state index in [0.29, 0.717) is 24.3 Å². The Morgan fingerprint density at radius 3 is 2.56 bits per heavy atom. The third-order valence-electron chi connectivity index (χ3n) is 7.59. The van der Waals surface area contributed by atoms with Crippen molar-refractivity contribution < 1.29 is 9.53 Å². The Labute approximate surface area is 193 Å². The van der Waals surface area contributed by atoms with Crippen molar-refractivity contribution in [2.24, 2.45) is 5.92 Å². The number of methoxy groups -OCH3 is 1. The Bertz CT molecular complexity index is 907. The highest BCUT2D eigenvalue weighted by molar-refractivity contribution is 5.91. The Morgan fingerprint density at radius 2 is 1.81 bits per heavy atom. The smallest absolute Gasteiger partial charge is 0.222 e. The van der Waals surface area contributed by atoms with Gasteiger partial charge in [-0.25, -0.2) is 0 Å². The molecule has 2 aromatic rings. The lowest BCUT2D eigenvalue weighted by Crippen LogP contribution is -2.44. The number of carbonyl (C=O) groups is 1. The quantitative estimate of drug-likeness (QED) is 0.644. The van der Waals surface area contributed by atoms with Gasteiger partial charge in [-0.05, 0) is 81.7 Å². The van der Waals surface area contributed by atoms with Gasteiger partial charge in [0.15, 0.2) is 0 Å². The number of likely N-dealkylation sites (tertiary alicyclic amines) is 2. The van der Waals surface area contributed by atoms with Crippen LogP contribution in [0.2, 0.25) is 0 Å². The number of benzene rings is 2. The fourth-order valence-electron chi connectivity index (χ4n) is 5.51. The summed E-state index contributed by atoms with van der Waals surface area (Å²) in [6.45, 7) is 5.39. The number of carbonyl (C=O) groups excluding carboxylic acids is 1. The van der Waals surface area contributed by atoms with Gasteiger partial charge in [0.05, 0.1) is 7.11 Å². The number of piperidine rings is 2. The topological polar surface area (TPSA) is 36.0 Å². The highest BCUT2D eigenvalue weighted by atomic mass is 16.5.